The monoisotopic (exact) mass is 932 g/mol. The lowest BCUT2D eigenvalue weighted by molar-refractivity contribution is -0.317. The molecule has 3 fully saturated rings. The fraction of sp³-hybridized carbons (Fsp3) is 0.889. The number of rotatable bonds is 16. The molecule has 0 radical (unpaired) electrons. The van der Waals surface area contributed by atoms with Crippen LogP contribution in [0.3, 0.4) is 0 Å². The van der Waals surface area contributed by atoms with Crippen molar-refractivity contribution in [1.29, 1.82) is 0 Å². The summed E-state index contributed by atoms with van der Waals surface area (Å²) in [5.41, 5.74) is -4.40. The number of ether oxygens (including phenoxy) is 6. The van der Waals surface area contributed by atoms with Gasteiger partial charge in [-0.2, -0.15) is 0 Å². The number of nitrogens with zero attached hydrogens (tertiary/aromatic N) is 3. The van der Waals surface area contributed by atoms with E-state index < -0.39 is 102 Å². The minimum atomic E-state index is -1.95. The summed E-state index contributed by atoms with van der Waals surface area (Å²) in [7, 11) is 5.24. The van der Waals surface area contributed by atoms with Gasteiger partial charge in [-0.25, -0.2) is 4.98 Å². The van der Waals surface area contributed by atoms with Gasteiger partial charge in [0.1, 0.15) is 35.5 Å². The van der Waals surface area contributed by atoms with Crippen molar-refractivity contribution in [2.45, 2.75) is 186 Å². The molecule has 0 amide bonds. The molecule has 0 unspecified atom stereocenters. The molecule has 3 saturated heterocycles. The lowest BCUT2D eigenvalue weighted by Crippen LogP contribution is -2.61. The number of esters is 1. The zero-order chi connectivity index (χ0) is 47.7. The number of carbonyl (C=O) groups excluding carboxylic acids is 1. The molecular formula is C45H81N5O13S. The van der Waals surface area contributed by atoms with Crippen molar-refractivity contribution in [3.63, 3.8) is 0 Å². The first-order valence-electron chi connectivity index (χ1n) is 23.0. The number of nitrogens with one attached hydrogen (secondary N) is 2. The van der Waals surface area contributed by atoms with Crippen molar-refractivity contribution in [3.05, 3.63) is 16.6 Å². The van der Waals surface area contributed by atoms with Crippen LogP contribution in [0.2, 0.25) is 0 Å². The Morgan fingerprint density at radius 3 is 2.27 bits per heavy atom. The van der Waals surface area contributed by atoms with Crippen molar-refractivity contribution >= 4 is 23.0 Å². The van der Waals surface area contributed by atoms with Gasteiger partial charge in [0.05, 0.1) is 53.4 Å². The average Bonchev–Trinajstić information content (AvgIpc) is 3.76. The summed E-state index contributed by atoms with van der Waals surface area (Å²) in [6.45, 7) is 19.9. The summed E-state index contributed by atoms with van der Waals surface area (Å²) in [5, 5.41) is 73.9. The maximum absolute atomic E-state index is 14.4. The molecule has 0 aliphatic carbocycles. The van der Waals surface area contributed by atoms with Gasteiger partial charge in [-0.1, -0.05) is 32.9 Å². The number of aromatic nitrogens is 1. The predicted octanol–water partition coefficient (Wildman–Crippen LogP) is 2.43. The molecule has 3 aliphatic rings. The van der Waals surface area contributed by atoms with E-state index in [1.165, 1.54) is 14.0 Å². The summed E-state index contributed by atoms with van der Waals surface area (Å²) in [6, 6.07) is -0.325. The third-order valence-corrected chi connectivity index (χ3v) is 14.4. The van der Waals surface area contributed by atoms with Gasteiger partial charge in [0, 0.05) is 75.1 Å². The lowest BCUT2D eigenvalue weighted by atomic mass is 9.73. The molecule has 3 aliphatic heterocycles. The molecule has 0 bridgehead atoms. The number of carbonyl (C=O) groups is 1. The molecule has 18 atom stereocenters. The van der Waals surface area contributed by atoms with E-state index in [-0.39, 0.29) is 38.0 Å². The second-order valence-corrected chi connectivity index (χ2v) is 20.3. The van der Waals surface area contributed by atoms with Gasteiger partial charge in [-0.15, -0.1) is 11.3 Å². The number of aliphatic hydroxyl groups is 5. The summed E-state index contributed by atoms with van der Waals surface area (Å²) < 4.78 is 37.9. The van der Waals surface area contributed by atoms with E-state index >= 15 is 0 Å². The van der Waals surface area contributed by atoms with Crippen molar-refractivity contribution in [2.75, 3.05) is 47.4 Å². The van der Waals surface area contributed by atoms with Crippen LogP contribution in [0.1, 0.15) is 99.9 Å². The van der Waals surface area contributed by atoms with Crippen molar-refractivity contribution < 1.29 is 63.6 Å². The van der Waals surface area contributed by atoms with Crippen LogP contribution in [-0.4, -0.2) is 179 Å². The Morgan fingerprint density at radius 1 is 0.953 bits per heavy atom. The Hall–Kier alpha value is -1.95. The van der Waals surface area contributed by atoms with Gasteiger partial charge in [-0.05, 0) is 74.9 Å². The minimum Gasteiger partial charge on any atom is -0.459 e. The Balaban J connectivity index is 1.73. The first-order valence-corrected chi connectivity index (χ1v) is 23.9. The first-order chi connectivity index (χ1) is 30.0. The van der Waals surface area contributed by atoms with E-state index in [0.717, 1.165) is 5.01 Å². The Morgan fingerprint density at radius 2 is 1.64 bits per heavy atom. The Kier molecular flexibility index (Phi) is 20.4. The smallest absolute Gasteiger partial charge is 0.311 e. The maximum atomic E-state index is 14.4. The Labute approximate surface area is 384 Å². The molecule has 370 valence electrons. The van der Waals surface area contributed by atoms with Crippen molar-refractivity contribution in [2.24, 2.45) is 28.8 Å². The largest absolute Gasteiger partial charge is 0.459 e. The highest BCUT2D eigenvalue weighted by molar-refractivity contribution is 7.09. The van der Waals surface area contributed by atoms with Crippen LogP contribution in [0.4, 0.5) is 0 Å². The number of hydrogen-bond acceptors (Lipinski definition) is 19. The van der Waals surface area contributed by atoms with Gasteiger partial charge < -0.3 is 74.3 Å². The molecule has 4 rings (SSSR count). The van der Waals surface area contributed by atoms with Crippen LogP contribution < -0.4 is 10.6 Å². The van der Waals surface area contributed by atoms with Crippen LogP contribution in [0.15, 0.2) is 16.7 Å². The van der Waals surface area contributed by atoms with Crippen LogP contribution in [0.5, 0.6) is 0 Å². The molecule has 18 nitrogen and oxygen atoms in total. The first kappa shape index (κ1) is 54.7. The molecule has 0 aromatic carbocycles. The lowest BCUT2D eigenvalue weighted by Gasteiger charge is -2.49. The zero-order valence-corrected chi connectivity index (χ0v) is 41.2. The van der Waals surface area contributed by atoms with Gasteiger partial charge in [0.25, 0.3) is 0 Å². The SMILES string of the molecule is CC[C@H]1OC(=O)[C@H](C)[C@@H](O[C@H]2C[C@@](C)(OC)[C@@H](O)[C@H](C)O2)[C@H](C)[C@@H](O[C@@H]2O[C@H](C)C[C@H](N(C)C)[C@H]2O)[C@](C)(O)C[C@@H](C)/C(=N\OCCNCCNCc2nccs2)[C@H](C)[C@@H](O)[C@]1(C)O. The van der Waals surface area contributed by atoms with E-state index in [0.29, 0.717) is 38.3 Å². The number of cyclic esters (lactones) is 1. The van der Waals surface area contributed by atoms with Gasteiger partial charge in [0.2, 0.25) is 0 Å². The summed E-state index contributed by atoms with van der Waals surface area (Å²) in [4.78, 5) is 26.5. The molecule has 1 aromatic heterocycles. The summed E-state index contributed by atoms with van der Waals surface area (Å²) in [5.74, 6) is -4.05. The van der Waals surface area contributed by atoms with Crippen molar-refractivity contribution in [3.8, 4) is 0 Å². The highest BCUT2D eigenvalue weighted by Gasteiger charge is 2.53. The molecule has 64 heavy (non-hydrogen) atoms. The third-order valence-electron chi connectivity index (χ3n) is 13.6. The quantitative estimate of drug-likeness (QED) is 0.0717. The maximum Gasteiger partial charge on any atom is 0.311 e. The van der Waals surface area contributed by atoms with Crippen LogP contribution in [0, 0.1) is 23.7 Å². The fourth-order valence-electron chi connectivity index (χ4n) is 9.67. The highest BCUT2D eigenvalue weighted by Crippen LogP contribution is 2.41. The second-order valence-electron chi connectivity index (χ2n) is 19.3. The topological polar surface area (TPSA) is 235 Å². The minimum absolute atomic E-state index is 0.00441. The zero-order valence-electron chi connectivity index (χ0n) is 40.4. The summed E-state index contributed by atoms with van der Waals surface area (Å²) >= 11 is 1.59. The summed E-state index contributed by atoms with van der Waals surface area (Å²) in [6.07, 6.45) is -7.61. The van der Waals surface area contributed by atoms with E-state index in [2.05, 4.69) is 20.8 Å². The van der Waals surface area contributed by atoms with Gasteiger partial charge >= 0.3 is 5.97 Å². The van der Waals surface area contributed by atoms with Crippen LogP contribution in [0.25, 0.3) is 0 Å². The van der Waals surface area contributed by atoms with Crippen LogP contribution in [-0.2, 0) is 44.6 Å². The molecule has 7 N–H and O–H groups in total. The number of thiazole rings is 1. The predicted molar refractivity (Wildman–Crippen MR) is 241 cm³/mol. The highest BCUT2D eigenvalue weighted by atomic mass is 32.1. The van der Waals surface area contributed by atoms with Gasteiger partial charge in [0.15, 0.2) is 12.6 Å². The molecule has 0 saturated carbocycles. The van der Waals surface area contributed by atoms with Crippen LogP contribution >= 0.6 is 11.3 Å². The molecule has 19 heteroatoms. The standard InChI is InChI=1S/C45H81N5O13S/c1-14-32-45(10,56)38(52)27(4)35(49-58-19-17-46-15-16-47-24-33-48-18-20-64-33)25(2)22-43(8,55)40(63-42-36(51)31(50(11)12)21-26(3)59-42)28(5)37(29(6)41(54)61-32)62-34-23-44(9,57-13)39(53)30(7)60-34/h18,20,25-32,34,36-40,42,46-47,51-53,55-56H,14-17,19,21-24H2,1-13H3/b49-35+/t25-,26-,27+,28+,29-,30+,31+,32-,34+,36-,37+,38-,39+,40-,42+,43-,44-,45-/m1/s1. The van der Waals surface area contributed by atoms with Crippen molar-refractivity contribution in [1.82, 2.24) is 20.5 Å². The number of methoxy groups -OCH3 is 1. The van der Waals surface area contributed by atoms with Gasteiger partial charge in [-0.3, -0.25) is 4.79 Å². The third kappa shape index (κ3) is 13.6. The normalized spacial score (nSPS) is 42.6. The molecule has 1 aromatic rings. The average molecular weight is 932 g/mol. The number of likely N-dealkylation sites (N-methyl/N-ethyl adjacent to an activating group) is 1. The fourth-order valence-corrected chi connectivity index (χ4v) is 10.3. The number of aliphatic hydroxyl groups excluding tert-OH is 3. The van der Waals surface area contributed by atoms with E-state index in [1.807, 2.05) is 38.2 Å². The van der Waals surface area contributed by atoms with E-state index in [4.69, 9.17) is 33.3 Å². The molecule has 0 spiro atoms. The number of oxime groups is 1. The van der Waals surface area contributed by atoms with E-state index in [9.17, 15) is 30.3 Å². The molecular weight excluding hydrogens is 851 g/mol. The number of hydrogen-bond donors (Lipinski definition) is 7. The molecule has 4 heterocycles. The Bertz CT molecular complexity index is 1590. The second kappa shape index (κ2) is 23.9. The van der Waals surface area contributed by atoms with E-state index in [1.54, 1.807) is 66.0 Å².